The van der Waals surface area contributed by atoms with Crippen molar-refractivity contribution in [3.63, 3.8) is 0 Å². The summed E-state index contributed by atoms with van der Waals surface area (Å²) in [5.74, 6) is 1.35. The number of hydrazine groups is 1. The molecule has 7 amide bonds. The zero-order valence-electron chi connectivity index (χ0n) is 40.4. The van der Waals surface area contributed by atoms with Gasteiger partial charge in [-0.25, -0.2) is 20.0 Å². The Morgan fingerprint density at radius 1 is 0.905 bits per heavy atom. The maximum Gasteiger partial charge on any atom is 0.340 e. The third kappa shape index (κ3) is 13.4. The van der Waals surface area contributed by atoms with Crippen LogP contribution in [0.5, 0.6) is 0 Å². The predicted molar refractivity (Wildman–Crippen MR) is 261 cm³/mol. The van der Waals surface area contributed by atoms with Gasteiger partial charge in [0.15, 0.2) is 6.10 Å². The molecule has 0 aliphatic carbocycles. The first-order valence-electron chi connectivity index (χ1n) is 23.7. The SMILES string of the molecule is Cc1cc2c(CN(N)/C=C(\N)CCOCNC(=O)CNC(=O)C(Cc3ccccc3)NC(=O)CNC(=O)CNC(=O)CCCCCN3C(=O)C=CC3=O)c3c(nc2cc1F)-c1cc2c(c(=O)n1C3)COC(=O)C2O. The number of nitrogens with two attached hydrogens (primary N) is 2. The molecule has 4 aromatic rings. The van der Waals surface area contributed by atoms with E-state index >= 15 is 0 Å². The lowest BCUT2D eigenvalue weighted by molar-refractivity contribution is -0.157. The van der Waals surface area contributed by atoms with Crippen LogP contribution in [0.1, 0.15) is 71.6 Å². The van der Waals surface area contributed by atoms with Crippen molar-refractivity contribution >= 4 is 58.2 Å². The summed E-state index contributed by atoms with van der Waals surface area (Å²) in [6.45, 7) is 0.165. The van der Waals surface area contributed by atoms with Crippen LogP contribution in [0.15, 0.2) is 77.4 Å². The lowest BCUT2D eigenvalue weighted by Crippen LogP contribution is -2.52. The molecule has 0 saturated heterocycles. The maximum absolute atomic E-state index is 14.9. The van der Waals surface area contributed by atoms with E-state index in [4.69, 9.17) is 26.0 Å². The standard InChI is InChI=1S/C50H56FN11O12/c1-28-16-31-33(34-25-62-39(46(34)59-37(31)19-36(28)51)18-32-35(49(62)71)26-74-50(72)47(32)69)24-60(53)23-30(52)13-15-73-27-57-42(65)21-56-48(70)38(17-29-8-4-2-5-9-29)58-43(66)22-55-41(64)20-54-40(63)10-6-3-7-14-61-44(67)11-12-45(61)68/h2,4-5,8-9,11-12,16,18-19,23,38,47,69H,3,6-7,10,13-15,17,20-22,24-27,52-53H2,1H3,(H,54,63)(H,55,64)(H,56,70)(H,57,65)(H,58,66)/b30-23-. The first-order valence-corrected chi connectivity index (χ1v) is 23.7. The van der Waals surface area contributed by atoms with E-state index in [0.717, 1.165) is 4.90 Å². The summed E-state index contributed by atoms with van der Waals surface area (Å²) in [6, 6.07) is 12.1. The zero-order chi connectivity index (χ0) is 53.1. The third-order valence-corrected chi connectivity index (χ3v) is 12.4. The van der Waals surface area contributed by atoms with Crippen molar-refractivity contribution in [1.82, 2.24) is 46.0 Å². The molecule has 2 aromatic carbocycles. The van der Waals surface area contributed by atoms with E-state index in [-0.39, 0.29) is 81.8 Å². The van der Waals surface area contributed by atoms with E-state index in [0.29, 0.717) is 69.5 Å². The van der Waals surface area contributed by atoms with Gasteiger partial charge in [0.1, 0.15) is 25.2 Å². The molecule has 2 unspecified atom stereocenters. The molecule has 74 heavy (non-hydrogen) atoms. The highest BCUT2D eigenvalue weighted by atomic mass is 19.1. The molecular weight excluding hydrogens is 966 g/mol. The first kappa shape index (κ1) is 53.4. The lowest BCUT2D eigenvalue weighted by atomic mass is 9.97. The van der Waals surface area contributed by atoms with Gasteiger partial charge in [0, 0.05) is 72.4 Å². The van der Waals surface area contributed by atoms with Crippen LogP contribution < -0.4 is 43.7 Å². The van der Waals surface area contributed by atoms with Gasteiger partial charge in [0.2, 0.25) is 29.5 Å². The summed E-state index contributed by atoms with van der Waals surface area (Å²) in [5.41, 5.74) is 9.78. The van der Waals surface area contributed by atoms with Gasteiger partial charge in [-0.3, -0.25) is 43.3 Å². The Morgan fingerprint density at radius 2 is 1.61 bits per heavy atom. The number of rotatable bonds is 24. The second-order valence-corrected chi connectivity index (χ2v) is 17.7. The summed E-state index contributed by atoms with van der Waals surface area (Å²) in [7, 11) is 0. The molecule has 0 fully saturated rings. The van der Waals surface area contributed by atoms with Crippen LogP contribution in [0.3, 0.4) is 0 Å². The minimum absolute atomic E-state index is 0.0509. The lowest BCUT2D eigenvalue weighted by Gasteiger charge is -2.21. The number of unbranched alkanes of at least 4 members (excludes halogenated alkanes) is 2. The molecule has 0 bridgehead atoms. The molecule has 3 aliphatic heterocycles. The van der Waals surface area contributed by atoms with E-state index in [9.17, 15) is 52.6 Å². The number of hydrogen-bond acceptors (Lipinski definition) is 16. The highest BCUT2D eigenvalue weighted by Crippen LogP contribution is 2.38. The fourth-order valence-electron chi connectivity index (χ4n) is 8.47. The van der Waals surface area contributed by atoms with Crippen LogP contribution in [0.2, 0.25) is 0 Å². The van der Waals surface area contributed by atoms with Crippen LogP contribution >= 0.6 is 0 Å². The number of aliphatic hydroxyl groups excluding tert-OH is 1. The van der Waals surface area contributed by atoms with Crippen molar-refractivity contribution in [2.45, 2.75) is 77.3 Å². The van der Waals surface area contributed by atoms with Gasteiger partial charge in [0.05, 0.1) is 61.8 Å². The topological polar surface area (TPSA) is 329 Å². The number of nitrogens with zero attached hydrogens (tertiary/aromatic N) is 4. The van der Waals surface area contributed by atoms with Crippen molar-refractivity contribution in [1.29, 1.82) is 0 Å². The summed E-state index contributed by atoms with van der Waals surface area (Å²) in [4.78, 5) is 118. The maximum atomic E-state index is 14.9. The number of benzene rings is 2. The van der Waals surface area contributed by atoms with E-state index in [2.05, 4.69) is 26.6 Å². The van der Waals surface area contributed by atoms with Gasteiger partial charge in [-0.05, 0) is 48.6 Å². The second kappa shape index (κ2) is 24.4. The number of cyclic esters (lactones) is 1. The molecule has 2 aromatic heterocycles. The Kier molecular flexibility index (Phi) is 17.6. The molecule has 7 rings (SSSR count). The number of aromatic nitrogens is 2. The van der Waals surface area contributed by atoms with Crippen molar-refractivity contribution < 1.29 is 57.3 Å². The average Bonchev–Trinajstić information content (AvgIpc) is 3.90. The number of halogens is 1. The number of pyridine rings is 2. The van der Waals surface area contributed by atoms with Gasteiger partial charge in [-0.15, -0.1) is 0 Å². The van der Waals surface area contributed by atoms with Gasteiger partial charge in [-0.2, -0.15) is 0 Å². The Bertz CT molecular complexity index is 2980. The minimum Gasteiger partial charge on any atom is -0.458 e. The summed E-state index contributed by atoms with van der Waals surface area (Å²) in [6.07, 6.45) is 4.18. The van der Waals surface area contributed by atoms with E-state index < -0.39 is 78.7 Å². The number of carbonyl (C=O) groups is 8. The van der Waals surface area contributed by atoms with Crippen molar-refractivity contribution in [3.05, 3.63) is 122 Å². The third-order valence-electron chi connectivity index (χ3n) is 12.4. The number of ether oxygens (including phenoxy) is 2. The Balaban J connectivity index is 0.836. The number of fused-ring (bicyclic) bond motifs is 5. The van der Waals surface area contributed by atoms with Crippen molar-refractivity contribution in [2.75, 3.05) is 39.5 Å². The van der Waals surface area contributed by atoms with E-state index in [1.807, 2.05) is 0 Å². The summed E-state index contributed by atoms with van der Waals surface area (Å²) < 4.78 is 26.9. The molecule has 0 radical (unpaired) electrons. The van der Waals surface area contributed by atoms with Gasteiger partial charge >= 0.3 is 5.97 Å². The normalized spacial score (nSPS) is 15.0. The zero-order valence-corrected chi connectivity index (χ0v) is 40.4. The summed E-state index contributed by atoms with van der Waals surface area (Å²) >= 11 is 0. The number of nitrogens with one attached hydrogen (secondary N) is 5. The molecule has 2 atom stereocenters. The van der Waals surface area contributed by atoms with E-state index in [1.165, 1.54) is 40.1 Å². The van der Waals surface area contributed by atoms with E-state index in [1.54, 1.807) is 43.3 Å². The highest BCUT2D eigenvalue weighted by molar-refractivity contribution is 6.12. The molecule has 24 heteroatoms. The second-order valence-electron chi connectivity index (χ2n) is 17.7. The smallest absolute Gasteiger partial charge is 0.340 e. The Hall–Kier alpha value is -8.35. The number of aryl methyl sites for hydroxylation is 1. The number of esters is 1. The summed E-state index contributed by atoms with van der Waals surface area (Å²) in [5, 5.41) is 24.9. The van der Waals surface area contributed by atoms with Gasteiger partial charge < -0.3 is 56.5 Å². The van der Waals surface area contributed by atoms with Crippen LogP contribution in [0, 0.1) is 12.7 Å². The van der Waals surface area contributed by atoms with Crippen LogP contribution in [-0.2, 0) is 73.9 Å². The average molecular weight is 1020 g/mol. The number of hydrogen-bond donors (Lipinski definition) is 8. The fourth-order valence-corrected chi connectivity index (χ4v) is 8.47. The fraction of sp³-hybridized carbons (Fsp3) is 0.360. The quantitative estimate of drug-likeness (QED) is 0.00963. The van der Waals surface area contributed by atoms with Gasteiger partial charge in [0.25, 0.3) is 17.4 Å². The first-order chi connectivity index (χ1) is 35.5. The van der Waals surface area contributed by atoms with Crippen LogP contribution in [-0.4, -0.2) is 117 Å². The highest BCUT2D eigenvalue weighted by Gasteiger charge is 2.35. The molecule has 0 spiro atoms. The number of aliphatic hydroxyl groups is 1. The Morgan fingerprint density at radius 3 is 2.36 bits per heavy atom. The van der Waals surface area contributed by atoms with Gasteiger partial charge in [-0.1, -0.05) is 36.8 Å². The largest absolute Gasteiger partial charge is 0.458 e. The molecule has 5 heterocycles. The van der Waals surface area contributed by atoms with Crippen molar-refractivity contribution in [3.8, 4) is 11.4 Å². The number of amides is 7. The number of carbonyl (C=O) groups excluding carboxylic acids is 8. The monoisotopic (exact) mass is 1020 g/mol. The van der Waals surface area contributed by atoms with Crippen LogP contribution in [0.25, 0.3) is 22.3 Å². The minimum atomic E-state index is -1.65. The number of imide groups is 1. The predicted octanol–water partition coefficient (Wildman–Crippen LogP) is -0.519. The molecular formula is C50H56FN11O12. The molecule has 23 nitrogen and oxygen atoms in total. The molecule has 390 valence electrons. The van der Waals surface area contributed by atoms with Crippen LogP contribution in [0.4, 0.5) is 4.39 Å². The Labute approximate surface area is 422 Å². The molecule has 10 N–H and O–H groups in total. The molecule has 3 aliphatic rings. The van der Waals surface area contributed by atoms with Crippen molar-refractivity contribution in [2.24, 2.45) is 11.6 Å². The molecule has 0 saturated carbocycles.